The molecule has 1 N–H and O–H groups in total. The zero-order valence-corrected chi connectivity index (χ0v) is 20.9. The summed E-state index contributed by atoms with van der Waals surface area (Å²) in [7, 11) is 0. The molecule has 1 aromatic rings. The zero-order valence-electron chi connectivity index (χ0n) is 20.9. The van der Waals surface area contributed by atoms with Crippen LogP contribution in [0.1, 0.15) is 78.2 Å². The van der Waals surface area contributed by atoms with Gasteiger partial charge in [-0.3, -0.25) is 0 Å². The van der Waals surface area contributed by atoms with Crippen LogP contribution in [0.15, 0.2) is 24.3 Å². The van der Waals surface area contributed by atoms with Crippen LogP contribution in [0.5, 0.6) is 5.75 Å². The average molecular weight is 466 g/mol. The van der Waals surface area contributed by atoms with Gasteiger partial charge in [0.1, 0.15) is 18.5 Å². The van der Waals surface area contributed by atoms with Gasteiger partial charge in [-0.2, -0.15) is 0 Å². The predicted molar refractivity (Wildman–Crippen MR) is 130 cm³/mol. The molecule has 1 aromatic carbocycles. The molecule has 33 heavy (non-hydrogen) atoms. The minimum Gasteiger partial charge on any atom is -0.492 e. The molecule has 2 atom stereocenters. The van der Waals surface area contributed by atoms with Crippen molar-refractivity contribution in [2.24, 2.45) is 0 Å². The van der Waals surface area contributed by atoms with Crippen LogP contribution in [-0.2, 0) is 20.7 Å². The van der Waals surface area contributed by atoms with Crippen LogP contribution in [0.25, 0.3) is 0 Å². The number of rotatable bonds is 18. The van der Waals surface area contributed by atoms with Gasteiger partial charge >= 0.3 is 12.1 Å². The Bertz CT molecular complexity index is 663. The molecule has 1 amide bonds. The third-order valence-corrected chi connectivity index (χ3v) is 5.53. The molecule has 0 aromatic heterocycles. The number of carbonyl (C=O) groups excluding carboxylic acids is 1. The minimum atomic E-state index is -0.966. The molecule has 0 heterocycles. The molecular weight excluding hydrogens is 422 g/mol. The number of nitrogens with zero attached hydrogens (tertiary/aromatic N) is 1. The van der Waals surface area contributed by atoms with Crippen molar-refractivity contribution >= 4 is 12.1 Å². The van der Waals surface area contributed by atoms with Crippen LogP contribution in [0.3, 0.4) is 0 Å². The number of hydrogen-bond donors (Lipinski definition) is 1. The Kier molecular flexibility index (Phi) is 15.0. The summed E-state index contributed by atoms with van der Waals surface area (Å²) in [6, 6.07) is 7.32. The molecule has 0 aliphatic carbocycles. The van der Waals surface area contributed by atoms with Gasteiger partial charge in [-0.1, -0.05) is 58.1 Å². The molecule has 0 fully saturated rings. The lowest BCUT2D eigenvalue weighted by Gasteiger charge is -2.24. The van der Waals surface area contributed by atoms with Crippen molar-refractivity contribution in [1.82, 2.24) is 4.90 Å². The minimum absolute atomic E-state index is 0.107. The first-order valence-corrected chi connectivity index (χ1v) is 12.4. The quantitative estimate of drug-likeness (QED) is 0.280. The van der Waals surface area contributed by atoms with E-state index in [-0.39, 0.29) is 12.2 Å². The molecule has 7 nitrogen and oxygen atoms in total. The molecular formula is C26H43NO6. The first-order valence-electron chi connectivity index (χ1n) is 12.4. The van der Waals surface area contributed by atoms with Crippen molar-refractivity contribution in [2.75, 3.05) is 26.3 Å². The van der Waals surface area contributed by atoms with E-state index in [2.05, 4.69) is 6.92 Å². The van der Waals surface area contributed by atoms with E-state index < -0.39 is 12.1 Å². The second kappa shape index (κ2) is 17.2. The number of carboxylic acid groups (broad SMARTS) is 1. The summed E-state index contributed by atoms with van der Waals surface area (Å²) in [4.78, 5) is 25.6. The van der Waals surface area contributed by atoms with E-state index >= 15 is 0 Å². The molecule has 0 saturated heterocycles. The van der Waals surface area contributed by atoms with Crippen LogP contribution in [0, 0.1) is 0 Å². The lowest BCUT2D eigenvalue weighted by Crippen LogP contribution is -2.37. The molecule has 7 heteroatoms. The highest BCUT2D eigenvalue weighted by Gasteiger charge is 2.19. The van der Waals surface area contributed by atoms with Gasteiger partial charge in [0.15, 0.2) is 6.10 Å². The third kappa shape index (κ3) is 12.5. The van der Waals surface area contributed by atoms with Crippen LogP contribution < -0.4 is 4.74 Å². The van der Waals surface area contributed by atoms with Crippen molar-refractivity contribution in [3.63, 3.8) is 0 Å². The van der Waals surface area contributed by atoms with E-state index in [1.807, 2.05) is 38.1 Å². The van der Waals surface area contributed by atoms with Gasteiger partial charge < -0.3 is 24.2 Å². The fourth-order valence-electron chi connectivity index (χ4n) is 3.34. The van der Waals surface area contributed by atoms with E-state index in [4.69, 9.17) is 14.2 Å². The zero-order chi connectivity index (χ0) is 24.5. The van der Waals surface area contributed by atoms with Gasteiger partial charge in [0.05, 0.1) is 6.54 Å². The van der Waals surface area contributed by atoms with Gasteiger partial charge in [-0.05, 0) is 44.4 Å². The average Bonchev–Trinajstić information content (AvgIpc) is 2.80. The topological polar surface area (TPSA) is 85.3 Å². The molecule has 0 radical (unpaired) electrons. The van der Waals surface area contributed by atoms with Gasteiger partial charge in [0.2, 0.25) is 0 Å². The summed E-state index contributed by atoms with van der Waals surface area (Å²) in [5.41, 5.74) is 0.866. The Morgan fingerprint density at radius 2 is 1.64 bits per heavy atom. The van der Waals surface area contributed by atoms with E-state index in [0.29, 0.717) is 38.5 Å². The predicted octanol–water partition coefficient (Wildman–Crippen LogP) is 5.70. The molecule has 0 aliphatic rings. The lowest BCUT2D eigenvalue weighted by atomic mass is 10.1. The van der Waals surface area contributed by atoms with Gasteiger partial charge in [0, 0.05) is 19.6 Å². The Labute approximate surface area is 199 Å². The normalized spacial score (nSPS) is 12.7. The van der Waals surface area contributed by atoms with Crippen molar-refractivity contribution < 1.29 is 28.9 Å². The van der Waals surface area contributed by atoms with Crippen molar-refractivity contribution in [3.05, 3.63) is 29.8 Å². The smallest absolute Gasteiger partial charge is 0.410 e. The Morgan fingerprint density at radius 1 is 0.970 bits per heavy atom. The molecule has 188 valence electrons. The number of aliphatic carboxylic acids is 1. The Morgan fingerprint density at radius 3 is 2.24 bits per heavy atom. The van der Waals surface area contributed by atoms with Crippen molar-refractivity contribution in [2.45, 2.75) is 91.3 Å². The third-order valence-electron chi connectivity index (χ3n) is 5.53. The summed E-state index contributed by atoms with van der Waals surface area (Å²) in [6.07, 6.45) is 6.82. The van der Waals surface area contributed by atoms with Crippen LogP contribution in [0.2, 0.25) is 0 Å². The fraction of sp³-hybridized carbons (Fsp3) is 0.692. The summed E-state index contributed by atoms with van der Waals surface area (Å²) in [5.74, 6) is -0.288. The Balaban J connectivity index is 2.54. The van der Waals surface area contributed by atoms with Crippen LogP contribution in [-0.4, -0.2) is 60.6 Å². The number of hydrogen-bond acceptors (Lipinski definition) is 5. The number of ether oxygens (including phenoxy) is 3. The number of amides is 1. The highest BCUT2D eigenvalue weighted by Crippen LogP contribution is 2.15. The molecule has 0 spiro atoms. The summed E-state index contributed by atoms with van der Waals surface area (Å²) in [5, 5.41) is 9.23. The van der Waals surface area contributed by atoms with Crippen LogP contribution >= 0.6 is 0 Å². The summed E-state index contributed by atoms with van der Waals surface area (Å²) in [6.45, 7) is 9.72. The van der Waals surface area contributed by atoms with E-state index in [1.165, 1.54) is 25.7 Å². The SMILES string of the molecule is CCCCCCCCN(CCOc1ccc(CC(OCC)C(=O)O)cc1)C(=O)OC(C)CC. The number of unbranched alkanes of at least 4 members (excludes halogenated alkanes) is 5. The number of carboxylic acids is 1. The first-order chi connectivity index (χ1) is 15.9. The lowest BCUT2D eigenvalue weighted by molar-refractivity contribution is -0.149. The summed E-state index contributed by atoms with van der Waals surface area (Å²) >= 11 is 0. The number of carbonyl (C=O) groups is 2. The second-order valence-corrected chi connectivity index (χ2v) is 8.34. The monoisotopic (exact) mass is 465 g/mol. The van der Waals surface area contributed by atoms with Gasteiger partial charge in [-0.15, -0.1) is 0 Å². The molecule has 2 unspecified atom stereocenters. The Hall–Kier alpha value is -2.28. The van der Waals surface area contributed by atoms with Crippen LogP contribution in [0.4, 0.5) is 4.79 Å². The highest BCUT2D eigenvalue weighted by atomic mass is 16.6. The largest absolute Gasteiger partial charge is 0.492 e. The first kappa shape index (κ1) is 28.8. The maximum Gasteiger partial charge on any atom is 0.410 e. The van der Waals surface area contributed by atoms with Gasteiger partial charge in [0.25, 0.3) is 0 Å². The molecule has 0 aliphatic heterocycles. The standard InChI is InChI=1S/C26H43NO6/c1-5-8-9-10-11-12-17-27(26(30)33-21(4)6-2)18-19-32-23-15-13-22(14-16-23)20-24(25(28)29)31-7-3/h13-16,21,24H,5-12,17-20H2,1-4H3,(H,28,29). The second-order valence-electron chi connectivity index (χ2n) is 8.34. The molecule has 0 bridgehead atoms. The van der Waals surface area contributed by atoms with Gasteiger partial charge in [-0.25, -0.2) is 9.59 Å². The molecule has 1 rings (SSSR count). The maximum atomic E-state index is 12.6. The highest BCUT2D eigenvalue weighted by molar-refractivity contribution is 5.72. The van der Waals surface area contributed by atoms with E-state index in [9.17, 15) is 14.7 Å². The van der Waals surface area contributed by atoms with E-state index in [1.54, 1.807) is 11.8 Å². The maximum absolute atomic E-state index is 12.6. The number of benzene rings is 1. The van der Waals surface area contributed by atoms with Crippen molar-refractivity contribution in [3.8, 4) is 5.75 Å². The molecule has 0 saturated carbocycles. The van der Waals surface area contributed by atoms with E-state index in [0.717, 1.165) is 24.8 Å². The fourth-order valence-corrected chi connectivity index (χ4v) is 3.34. The van der Waals surface area contributed by atoms with Crippen molar-refractivity contribution in [1.29, 1.82) is 0 Å². The summed E-state index contributed by atoms with van der Waals surface area (Å²) < 4.78 is 16.6.